The summed E-state index contributed by atoms with van der Waals surface area (Å²) in [7, 11) is -0.996. The average molecular weight is 329 g/mol. The predicted octanol–water partition coefficient (Wildman–Crippen LogP) is 2.55. The van der Waals surface area contributed by atoms with Gasteiger partial charge >= 0.3 is 0 Å². The Kier molecular flexibility index (Phi) is 4.54. The number of ether oxygens (including phenoxy) is 2. The van der Waals surface area contributed by atoms with Crippen LogP contribution in [0.1, 0.15) is 0 Å². The summed E-state index contributed by atoms with van der Waals surface area (Å²) in [6.07, 6.45) is 1.47. The zero-order chi connectivity index (χ0) is 15.5. The number of nitrogens with one attached hydrogen (secondary N) is 1. The van der Waals surface area contributed by atoms with Gasteiger partial charge in [-0.2, -0.15) is 0 Å². The highest BCUT2D eigenvalue weighted by atomic mass is 35.5. The SMILES string of the molecule is COc1ccc(S(=O)(=O)Nc2cccnc2Cl)c(OC)c1. The lowest BCUT2D eigenvalue weighted by Gasteiger charge is -2.13. The van der Waals surface area contributed by atoms with Crippen molar-refractivity contribution in [3.05, 3.63) is 41.7 Å². The molecule has 112 valence electrons. The van der Waals surface area contributed by atoms with Gasteiger partial charge in [0, 0.05) is 12.3 Å². The minimum atomic E-state index is -3.86. The number of halogens is 1. The molecule has 0 unspecified atom stereocenters. The van der Waals surface area contributed by atoms with Crippen LogP contribution in [0.2, 0.25) is 5.15 Å². The molecule has 0 saturated heterocycles. The summed E-state index contributed by atoms with van der Waals surface area (Å²) >= 11 is 5.85. The molecule has 0 aliphatic rings. The van der Waals surface area contributed by atoms with E-state index in [1.807, 2.05) is 0 Å². The van der Waals surface area contributed by atoms with Crippen molar-refractivity contribution in [2.75, 3.05) is 18.9 Å². The topological polar surface area (TPSA) is 77.5 Å². The maximum atomic E-state index is 12.4. The lowest BCUT2D eigenvalue weighted by atomic mass is 10.3. The van der Waals surface area contributed by atoms with E-state index < -0.39 is 10.0 Å². The second-order valence-corrected chi connectivity index (χ2v) is 5.97. The molecule has 6 nitrogen and oxygen atoms in total. The molecule has 1 aromatic heterocycles. The van der Waals surface area contributed by atoms with Gasteiger partial charge in [0.05, 0.1) is 19.9 Å². The van der Waals surface area contributed by atoms with Crippen LogP contribution in [-0.4, -0.2) is 27.6 Å². The number of sulfonamides is 1. The summed E-state index contributed by atoms with van der Waals surface area (Å²) in [6, 6.07) is 7.50. The summed E-state index contributed by atoms with van der Waals surface area (Å²) in [4.78, 5) is 3.79. The smallest absolute Gasteiger partial charge is 0.265 e. The van der Waals surface area contributed by atoms with Gasteiger partial charge in [-0.1, -0.05) is 11.6 Å². The van der Waals surface area contributed by atoms with Gasteiger partial charge in [-0.3, -0.25) is 4.72 Å². The third-order valence-corrected chi connectivity index (χ3v) is 4.37. The van der Waals surface area contributed by atoms with E-state index in [9.17, 15) is 8.42 Å². The number of pyridine rings is 1. The Balaban J connectivity index is 2.42. The molecule has 21 heavy (non-hydrogen) atoms. The second-order valence-electron chi connectivity index (χ2n) is 3.96. The first-order valence-electron chi connectivity index (χ1n) is 5.83. The Bertz CT molecular complexity index is 750. The molecule has 0 saturated carbocycles. The van der Waals surface area contributed by atoms with Crippen LogP contribution < -0.4 is 14.2 Å². The summed E-state index contributed by atoms with van der Waals surface area (Å²) < 4.78 is 37.3. The Morgan fingerprint density at radius 3 is 2.57 bits per heavy atom. The van der Waals surface area contributed by atoms with Gasteiger partial charge < -0.3 is 9.47 Å². The fourth-order valence-electron chi connectivity index (χ4n) is 1.66. The average Bonchev–Trinajstić information content (AvgIpc) is 2.48. The van der Waals surface area contributed by atoms with Crippen LogP contribution in [0.3, 0.4) is 0 Å². The summed E-state index contributed by atoms with van der Waals surface area (Å²) in [5.74, 6) is 0.659. The van der Waals surface area contributed by atoms with Crippen LogP contribution in [0.5, 0.6) is 11.5 Å². The van der Waals surface area contributed by atoms with Gasteiger partial charge in [-0.15, -0.1) is 0 Å². The third kappa shape index (κ3) is 3.37. The van der Waals surface area contributed by atoms with Gasteiger partial charge in [0.25, 0.3) is 10.0 Å². The second kappa shape index (κ2) is 6.19. The van der Waals surface area contributed by atoms with Gasteiger partial charge in [0.15, 0.2) is 5.15 Å². The number of rotatable bonds is 5. The minimum absolute atomic E-state index is 0.0225. The molecule has 2 aromatic rings. The zero-order valence-electron chi connectivity index (χ0n) is 11.3. The van der Waals surface area contributed by atoms with E-state index in [1.165, 1.54) is 44.7 Å². The monoisotopic (exact) mass is 328 g/mol. The number of hydrogen-bond donors (Lipinski definition) is 1. The lowest BCUT2D eigenvalue weighted by Crippen LogP contribution is -2.14. The summed E-state index contributed by atoms with van der Waals surface area (Å²) in [5.41, 5.74) is 0.192. The van der Waals surface area contributed by atoms with E-state index in [0.717, 1.165) is 0 Å². The van der Waals surface area contributed by atoms with Crippen molar-refractivity contribution >= 4 is 27.3 Å². The summed E-state index contributed by atoms with van der Waals surface area (Å²) in [5, 5.41) is 0.0635. The molecular formula is C13H13ClN2O4S. The Morgan fingerprint density at radius 2 is 1.95 bits per heavy atom. The molecule has 1 aromatic carbocycles. The molecule has 1 N–H and O–H groups in total. The highest BCUT2D eigenvalue weighted by molar-refractivity contribution is 7.92. The van der Waals surface area contributed by atoms with E-state index in [4.69, 9.17) is 21.1 Å². The number of aromatic nitrogens is 1. The normalized spacial score (nSPS) is 11.0. The number of anilines is 1. The first kappa shape index (κ1) is 15.4. The minimum Gasteiger partial charge on any atom is -0.497 e. The van der Waals surface area contributed by atoms with Crippen LogP contribution in [0, 0.1) is 0 Å². The van der Waals surface area contributed by atoms with Crippen molar-refractivity contribution in [3.8, 4) is 11.5 Å². The number of benzene rings is 1. The van der Waals surface area contributed by atoms with Crippen LogP contribution in [-0.2, 0) is 10.0 Å². The Hall–Kier alpha value is -1.99. The maximum absolute atomic E-state index is 12.4. The molecule has 1 heterocycles. The number of methoxy groups -OCH3 is 2. The molecule has 0 spiro atoms. The fraction of sp³-hybridized carbons (Fsp3) is 0.154. The lowest BCUT2D eigenvalue weighted by molar-refractivity contribution is 0.386. The van der Waals surface area contributed by atoms with Crippen LogP contribution in [0.15, 0.2) is 41.4 Å². The molecule has 0 bridgehead atoms. The van der Waals surface area contributed by atoms with Gasteiger partial charge in [0.1, 0.15) is 16.4 Å². The van der Waals surface area contributed by atoms with Gasteiger partial charge in [-0.05, 0) is 24.3 Å². The fourth-order valence-corrected chi connectivity index (χ4v) is 3.10. The van der Waals surface area contributed by atoms with Gasteiger partial charge in [-0.25, -0.2) is 13.4 Å². The number of hydrogen-bond acceptors (Lipinski definition) is 5. The molecule has 8 heteroatoms. The highest BCUT2D eigenvalue weighted by Gasteiger charge is 2.21. The molecule has 0 aliphatic heterocycles. The van der Waals surface area contributed by atoms with Crippen molar-refractivity contribution in [2.45, 2.75) is 4.90 Å². The Labute approximate surface area is 127 Å². The van der Waals surface area contributed by atoms with Crippen LogP contribution in [0.4, 0.5) is 5.69 Å². The number of nitrogens with zero attached hydrogens (tertiary/aromatic N) is 1. The quantitative estimate of drug-likeness (QED) is 0.853. The first-order chi connectivity index (χ1) is 9.97. The zero-order valence-corrected chi connectivity index (χ0v) is 12.9. The van der Waals surface area contributed by atoms with E-state index in [-0.39, 0.29) is 21.5 Å². The van der Waals surface area contributed by atoms with Crippen molar-refractivity contribution < 1.29 is 17.9 Å². The van der Waals surface area contributed by atoms with Gasteiger partial charge in [0.2, 0.25) is 0 Å². The standard InChI is InChI=1S/C13H13ClN2O4S/c1-19-9-5-6-12(11(8-9)20-2)21(17,18)16-10-4-3-7-15-13(10)14/h3-8,16H,1-2H3. The molecular weight excluding hydrogens is 316 g/mol. The van der Waals surface area contributed by atoms with Crippen LogP contribution in [0.25, 0.3) is 0 Å². The van der Waals surface area contributed by atoms with E-state index in [1.54, 1.807) is 6.07 Å². The van der Waals surface area contributed by atoms with E-state index in [0.29, 0.717) is 5.75 Å². The van der Waals surface area contributed by atoms with Crippen molar-refractivity contribution in [3.63, 3.8) is 0 Å². The Morgan fingerprint density at radius 1 is 1.19 bits per heavy atom. The van der Waals surface area contributed by atoms with Crippen molar-refractivity contribution in [2.24, 2.45) is 0 Å². The maximum Gasteiger partial charge on any atom is 0.265 e. The molecule has 0 fully saturated rings. The van der Waals surface area contributed by atoms with E-state index in [2.05, 4.69) is 9.71 Å². The molecule has 0 atom stereocenters. The molecule has 2 rings (SSSR count). The predicted molar refractivity (Wildman–Crippen MR) is 79.6 cm³/mol. The molecule has 0 radical (unpaired) electrons. The highest BCUT2D eigenvalue weighted by Crippen LogP contribution is 2.30. The largest absolute Gasteiger partial charge is 0.497 e. The van der Waals surface area contributed by atoms with E-state index >= 15 is 0 Å². The van der Waals surface area contributed by atoms with Crippen molar-refractivity contribution in [1.29, 1.82) is 0 Å². The first-order valence-corrected chi connectivity index (χ1v) is 7.69. The molecule has 0 aliphatic carbocycles. The summed E-state index contributed by atoms with van der Waals surface area (Å²) in [6.45, 7) is 0. The molecule has 0 amide bonds. The van der Waals surface area contributed by atoms with Crippen LogP contribution >= 0.6 is 11.6 Å². The van der Waals surface area contributed by atoms with Crippen molar-refractivity contribution in [1.82, 2.24) is 4.98 Å². The third-order valence-electron chi connectivity index (χ3n) is 2.66.